The zero-order valence-electron chi connectivity index (χ0n) is 17.2. The molecule has 1 saturated heterocycles. The zero-order chi connectivity index (χ0) is 24.3. The summed E-state index contributed by atoms with van der Waals surface area (Å²) in [7, 11) is 1.30. The summed E-state index contributed by atoms with van der Waals surface area (Å²) < 4.78 is 20.9. The fourth-order valence-corrected chi connectivity index (χ4v) is 3.09. The maximum absolute atomic E-state index is 12.3. The topological polar surface area (TPSA) is 192 Å². The standard InChI is InChI=1S/C21H22O12/c1-30-14-6-9(2-4-13(14)23)20(29)31-8-15-16(24)17(25)18(26)21(33-15)32-10-3-5-12(22)11(7-10)19(27)28/h2-7,15-18,21-26H,8H2,1H3,(H,27,28). The van der Waals surface area contributed by atoms with Crippen LogP contribution < -0.4 is 9.47 Å². The molecular weight excluding hydrogens is 444 g/mol. The van der Waals surface area contributed by atoms with E-state index in [1.165, 1.54) is 31.4 Å². The normalized spacial score (nSPS) is 24.7. The first-order chi connectivity index (χ1) is 15.6. The third kappa shape index (κ3) is 5.26. The molecule has 2 aromatic rings. The second-order valence-electron chi connectivity index (χ2n) is 7.10. The van der Waals surface area contributed by atoms with Crippen molar-refractivity contribution in [1.29, 1.82) is 0 Å². The van der Waals surface area contributed by atoms with Gasteiger partial charge in [-0.1, -0.05) is 0 Å². The van der Waals surface area contributed by atoms with E-state index in [2.05, 4.69) is 0 Å². The van der Waals surface area contributed by atoms with Crippen molar-refractivity contribution in [2.45, 2.75) is 30.7 Å². The summed E-state index contributed by atoms with van der Waals surface area (Å²) in [6, 6.07) is 7.01. The molecular formula is C21H22O12. The van der Waals surface area contributed by atoms with Gasteiger partial charge >= 0.3 is 11.9 Å². The van der Waals surface area contributed by atoms with Crippen LogP contribution in [0.1, 0.15) is 20.7 Å². The van der Waals surface area contributed by atoms with Crippen molar-refractivity contribution in [3.63, 3.8) is 0 Å². The van der Waals surface area contributed by atoms with Crippen molar-refractivity contribution in [2.24, 2.45) is 0 Å². The Balaban J connectivity index is 1.70. The number of phenolic OH excluding ortho intramolecular Hbond substituents is 1. The highest BCUT2D eigenvalue weighted by atomic mass is 16.7. The van der Waals surface area contributed by atoms with Crippen molar-refractivity contribution in [3.8, 4) is 23.0 Å². The van der Waals surface area contributed by atoms with Crippen LogP contribution in [0.15, 0.2) is 36.4 Å². The molecule has 3 rings (SSSR count). The molecule has 0 spiro atoms. The number of methoxy groups -OCH3 is 1. The van der Waals surface area contributed by atoms with Crippen LogP contribution in [-0.2, 0) is 9.47 Å². The van der Waals surface area contributed by atoms with Gasteiger partial charge in [-0.3, -0.25) is 0 Å². The van der Waals surface area contributed by atoms with Gasteiger partial charge in [0.1, 0.15) is 48.1 Å². The monoisotopic (exact) mass is 466 g/mol. The fourth-order valence-electron chi connectivity index (χ4n) is 3.09. The van der Waals surface area contributed by atoms with Gasteiger partial charge in [0.15, 0.2) is 11.5 Å². The molecule has 5 atom stereocenters. The number of rotatable bonds is 7. The first-order valence-electron chi connectivity index (χ1n) is 9.59. The lowest BCUT2D eigenvalue weighted by Crippen LogP contribution is -2.60. The number of carbonyl (C=O) groups excluding carboxylic acids is 1. The molecule has 178 valence electrons. The minimum atomic E-state index is -1.74. The number of aliphatic hydroxyl groups is 3. The van der Waals surface area contributed by atoms with Crippen molar-refractivity contribution in [3.05, 3.63) is 47.5 Å². The highest BCUT2D eigenvalue weighted by Gasteiger charge is 2.45. The van der Waals surface area contributed by atoms with Gasteiger partial charge in [0.25, 0.3) is 0 Å². The second kappa shape index (κ2) is 9.92. The summed E-state index contributed by atoms with van der Waals surface area (Å²) in [6.07, 6.45) is -7.98. The number of phenols is 2. The number of carboxylic acids is 1. The van der Waals surface area contributed by atoms with Crippen LogP contribution in [0, 0.1) is 0 Å². The van der Waals surface area contributed by atoms with Gasteiger partial charge in [0, 0.05) is 0 Å². The molecule has 1 fully saturated rings. The predicted octanol–water partition coefficient (Wildman–Crippen LogP) is -0.152. The Morgan fingerprint density at radius 1 is 0.970 bits per heavy atom. The molecule has 0 saturated carbocycles. The van der Waals surface area contributed by atoms with Crippen LogP contribution in [-0.4, -0.2) is 87.0 Å². The van der Waals surface area contributed by atoms with Gasteiger partial charge in [-0.05, 0) is 36.4 Å². The number of hydrogen-bond acceptors (Lipinski definition) is 11. The molecule has 0 aliphatic carbocycles. The smallest absolute Gasteiger partial charge is 0.339 e. The highest BCUT2D eigenvalue weighted by Crippen LogP contribution is 2.29. The van der Waals surface area contributed by atoms with E-state index in [-0.39, 0.29) is 22.8 Å². The fraction of sp³-hybridized carbons (Fsp3) is 0.333. The molecule has 0 amide bonds. The summed E-state index contributed by atoms with van der Waals surface area (Å²) in [5.41, 5.74) is -0.429. The summed E-state index contributed by atoms with van der Waals surface area (Å²) in [6.45, 7) is -0.539. The number of aromatic hydroxyl groups is 2. The minimum absolute atomic E-state index is 0.0358. The maximum atomic E-state index is 12.3. The largest absolute Gasteiger partial charge is 0.507 e. The number of benzene rings is 2. The number of ether oxygens (including phenoxy) is 4. The quantitative estimate of drug-likeness (QED) is 0.296. The molecule has 5 unspecified atom stereocenters. The third-order valence-corrected chi connectivity index (χ3v) is 4.91. The molecule has 2 aromatic carbocycles. The molecule has 1 aliphatic rings. The van der Waals surface area contributed by atoms with Crippen molar-refractivity contribution >= 4 is 11.9 Å². The van der Waals surface area contributed by atoms with Crippen molar-refractivity contribution < 1.29 is 59.2 Å². The molecule has 1 aliphatic heterocycles. The van der Waals surface area contributed by atoms with Gasteiger partial charge in [-0.2, -0.15) is 0 Å². The van der Waals surface area contributed by atoms with Crippen LogP contribution >= 0.6 is 0 Å². The van der Waals surface area contributed by atoms with E-state index < -0.39 is 60.6 Å². The van der Waals surface area contributed by atoms with Gasteiger partial charge in [-0.25, -0.2) is 9.59 Å². The van der Waals surface area contributed by atoms with E-state index in [1.54, 1.807) is 0 Å². The van der Waals surface area contributed by atoms with Crippen LogP contribution in [0.5, 0.6) is 23.0 Å². The molecule has 12 nitrogen and oxygen atoms in total. The number of carboxylic acid groups (broad SMARTS) is 1. The van der Waals surface area contributed by atoms with Crippen LogP contribution in [0.4, 0.5) is 0 Å². The Bertz CT molecular complexity index is 1020. The molecule has 6 N–H and O–H groups in total. The maximum Gasteiger partial charge on any atom is 0.339 e. The molecule has 12 heteroatoms. The lowest BCUT2D eigenvalue weighted by molar-refractivity contribution is -0.277. The Morgan fingerprint density at radius 3 is 2.33 bits per heavy atom. The first kappa shape index (κ1) is 24.1. The van der Waals surface area contributed by atoms with E-state index in [1.807, 2.05) is 0 Å². The summed E-state index contributed by atoms with van der Waals surface area (Å²) in [5, 5.41) is 58.8. The zero-order valence-corrected chi connectivity index (χ0v) is 17.2. The first-order valence-corrected chi connectivity index (χ1v) is 9.59. The average Bonchev–Trinajstić information content (AvgIpc) is 2.79. The molecule has 0 bridgehead atoms. The van der Waals surface area contributed by atoms with Gasteiger partial charge in [0.05, 0.1) is 12.7 Å². The molecule has 0 aromatic heterocycles. The van der Waals surface area contributed by atoms with Crippen molar-refractivity contribution in [2.75, 3.05) is 13.7 Å². The minimum Gasteiger partial charge on any atom is -0.507 e. The van der Waals surface area contributed by atoms with Gasteiger partial charge in [0.2, 0.25) is 6.29 Å². The Kier molecular flexibility index (Phi) is 7.23. The summed E-state index contributed by atoms with van der Waals surface area (Å²) in [5.74, 6) is -3.02. The van der Waals surface area contributed by atoms with E-state index in [0.29, 0.717) is 0 Å². The van der Waals surface area contributed by atoms with E-state index >= 15 is 0 Å². The Hall–Kier alpha value is -3.58. The van der Waals surface area contributed by atoms with E-state index in [4.69, 9.17) is 24.1 Å². The highest BCUT2D eigenvalue weighted by molar-refractivity contribution is 5.91. The summed E-state index contributed by atoms with van der Waals surface area (Å²) in [4.78, 5) is 23.5. The van der Waals surface area contributed by atoms with Gasteiger partial charge in [-0.15, -0.1) is 0 Å². The lowest BCUT2D eigenvalue weighted by atomic mass is 9.99. The van der Waals surface area contributed by atoms with Gasteiger partial charge < -0.3 is 49.6 Å². The Labute approximate surface area is 186 Å². The predicted molar refractivity (Wildman–Crippen MR) is 107 cm³/mol. The average molecular weight is 466 g/mol. The number of esters is 1. The summed E-state index contributed by atoms with van der Waals surface area (Å²) >= 11 is 0. The van der Waals surface area contributed by atoms with Crippen LogP contribution in [0.3, 0.4) is 0 Å². The Morgan fingerprint density at radius 2 is 1.67 bits per heavy atom. The lowest BCUT2D eigenvalue weighted by Gasteiger charge is -2.39. The number of carbonyl (C=O) groups is 2. The third-order valence-electron chi connectivity index (χ3n) is 4.91. The number of hydrogen-bond donors (Lipinski definition) is 6. The van der Waals surface area contributed by atoms with Crippen LogP contribution in [0.25, 0.3) is 0 Å². The second-order valence-corrected chi connectivity index (χ2v) is 7.10. The molecule has 1 heterocycles. The van der Waals surface area contributed by atoms with Crippen LogP contribution in [0.2, 0.25) is 0 Å². The molecule has 0 radical (unpaired) electrons. The molecule has 33 heavy (non-hydrogen) atoms. The van der Waals surface area contributed by atoms with E-state index in [0.717, 1.165) is 12.1 Å². The van der Waals surface area contributed by atoms with E-state index in [9.17, 15) is 35.1 Å². The SMILES string of the molecule is COc1cc(C(=O)OCC2OC(Oc3ccc(O)c(C(=O)O)c3)C(O)C(O)C2O)ccc1O. The number of aliphatic hydroxyl groups excluding tert-OH is 3. The number of aromatic carboxylic acids is 1. The van der Waals surface area contributed by atoms with Crippen molar-refractivity contribution in [1.82, 2.24) is 0 Å².